The summed E-state index contributed by atoms with van der Waals surface area (Å²) in [5.74, 6) is 1.52. The van der Waals surface area contributed by atoms with Gasteiger partial charge in [0.05, 0.1) is 12.7 Å². The molecule has 0 radical (unpaired) electrons. The van der Waals surface area contributed by atoms with Crippen LogP contribution in [0.1, 0.15) is 46.1 Å². The van der Waals surface area contributed by atoms with Crippen LogP contribution >= 0.6 is 24.0 Å². The Bertz CT molecular complexity index is 589. The molecule has 0 bridgehead atoms. The van der Waals surface area contributed by atoms with Gasteiger partial charge in [0.1, 0.15) is 5.60 Å². The van der Waals surface area contributed by atoms with Crippen molar-refractivity contribution >= 4 is 29.9 Å². The van der Waals surface area contributed by atoms with E-state index < -0.39 is 5.60 Å². The molecule has 1 aliphatic rings. The molecule has 1 aliphatic heterocycles. The van der Waals surface area contributed by atoms with Gasteiger partial charge in [0.2, 0.25) is 0 Å². The fraction of sp³-hybridized carbons (Fsp3) is 0.789. The van der Waals surface area contributed by atoms with E-state index in [0.717, 1.165) is 30.5 Å². The van der Waals surface area contributed by atoms with Crippen LogP contribution in [0.25, 0.3) is 0 Å². The topological polar surface area (TPSA) is 77.7 Å². The fourth-order valence-corrected chi connectivity index (χ4v) is 3.36. The van der Waals surface area contributed by atoms with Gasteiger partial charge in [-0.3, -0.25) is 9.58 Å². The van der Waals surface area contributed by atoms with Crippen LogP contribution in [0, 0.1) is 5.92 Å². The van der Waals surface area contributed by atoms with Crippen LogP contribution in [-0.4, -0.2) is 64.5 Å². The number of hydrogen-bond donors (Lipinski definition) is 3. The van der Waals surface area contributed by atoms with Crippen molar-refractivity contribution in [3.63, 3.8) is 0 Å². The molecule has 3 unspecified atom stereocenters. The number of aryl methyl sites for hydroxylation is 1. The number of nitrogens with zero attached hydrogens (tertiary/aromatic N) is 4. The summed E-state index contributed by atoms with van der Waals surface area (Å²) in [4.78, 5) is 7.14. The number of nitrogens with one attached hydrogen (secondary N) is 2. The molecule has 27 heavy (non-hydrogen) atoms. The van der Waals surface area contributed by atoms with Gasteiger partial charge >= 0.3 is 0 Å². The Morgan fingerprint density at radius 2 is 2.22 bits per heavy atom. The first-order valence-electron chi connectivity index (χ1n) is 9.79. The maximum absolute atomic E-state index is 10.7. The van der Waals surface area contributed by atoms with Crippen molar-refractivity contribution < 1.29 is 5.11 Å². The van der Waals surface area contributed by atoms with Gasteiger partial charge < -0.3 is 15.7 Å². The lowest BCUT2D eigenvalue weighted by atomic mass is 9.99. The first-order chi connectivity index (χ1) is 12.3. The summed E-state index contributed by atoms with van der Waals surface area (Å²) in [6, 6.07) is 0.459. The molecule has 1 aromatic heterocycles. The van der Waals surface area contributed by atoms with Crippen LogP contribution in [0.15, 0.2) is 17.4 Å². The number of guanidine groups is 1. The Hall–Kier alpha value is -0.870. The van der Waals surface area contributed by atoms with E-state index in [1.54, 1.807) is 17.8 Å². The molecule has 0 amide bonds. The molecular formula is C19H37IN6O. The van der Waals surface area contributed by atoms with Crippen molar-refractivity contribution in [3.05, 3.63) is 18.0 Å². The summed E-state index contributed by atoms with van der Waals surface area (Å²) in [5.41, 5.74) is -0.264. The van der Waals surface area contributed by atoms with Crippen molar-refractivity contribution in [1.82, 2.24) is 25.3 Å². The van der Waals surface area contributed by atoms with E-state index in [0.29, 0.717) is 6.04 Å². The maximum atomic E-state index is 10.7. The van der Waals surface area contributed by atoms with E-state index in [1.807, 2.05) is 20.2 Å². The number of piperidine rings is 1. The third-order valence-corrected chi connectivity index (χ3v) is 5.09. The fourth-order valence-electron chi connectivity index (χ4n) is 3.36. The zero-order valence-corrected chi connectivity index (χ0v) is 19.7. The lowest BCUT2D eigenvalue weighted by molar-refractivity contribution is 0.0671. The predicted octanol–water partition coefficient (Wildman–Crippen LogP) is 1.92. The summed E-state index contributed by atoms with van der Waals surface area (Å²) in [6.45, 7) is 12.7. The number of aromatic nitrogens is 2. The van der Waals surface area contributed by atoms with Gasteiger partial charge in [-0.05, 0) is 46.1 Å². The van der Waals surface area contributed by atoms with Crippen LogP contribution < -0.4 is 10.6 Å². The van der Waals surface area contributed by atoms with Crippen molar-refractivity contribution in [2.45, 2.75) is 52.2 Å². The zero-order chi connectivity index (χ0) is 19.2. The van der Waals surface area contributed by atoms with Gasteiger partial charge in [0, 0.05) is 44.5 Å². The highest BCUT2D eigenvalue weighted by atomic mass is 127. The molecule has 7 nitrogen and oxygen atoms in total. The summed E-state index contributed by atoms with van der Waals surface area (Å²) >= 11 is 0. The van der Waals surface area contributed by atoms with Gasteiger partial charge in [0.25, 0.3) is 0 Å². The van der Waals surface area contributed by atoms with Crippen LogP contribution in [-0.2, 0) is 12.6 Å². The molecule has 2 rings (SSSR count). The molecule has 0 saturated carbocycles. The van der Waals surface area contributed by atoms with Gasteiger partial charge in [-0.15, -0.1) is 24.0 Å². The summed E-state index contributed by atoms with van der Waals surface area (Å²) in [7, 11) is 1.84. The van der Waals surface area contributed by atoms with E-state index in [-0.39, 0.29) is 30.5 Å². The van der Waals surface area contributed by atoms with E-state index >= 15 is 0 Å². The second kappa shape index (κ2) is 11.2. The highest BCUT2D eigenvalue weighted by Gasteiger charge is 2.25. The normalized spacial score (nSPS) is 21.9. The quantitative estimate of drug-likeness (QED) is 0.308. The van der Waals surface area contributed by atoms with E-state index in [1.165, 1.54) is 25.9 Å². The lowest BCUT2D eigenvalue weighted by Gasteiger charge is -2.35. The third-order valence-electron chi connectivity index (χ3n) is 5.09. The highest BCUT2D eigenvalue weighted by Crippen LogP contribution is 2.20. The number of likely N-dealkylation sites (tertiary alicyclic amines) is 1. The molecule has 8 heteroatoms. The Balaban J connectivity index is 0.00000364. The van der Waals surface area contributed by atoms with Crippen molar-refractivity contribution in [3.8, 4) is 0 Å². The standard InChI is InChI=1S/C19H36N6O.HI/c1-6-20-18(21-10-16(3)25-9-7-8-15(2)12-25)22-14-19(4,26)17-11-23-24(5)13-17;/h11,13,15-16,26H,6-10,12,14H2,1-5H3,(H2,20,21,22);1H. The molecule has 3 N–H and O–H groups in total. The number of aliphatic hydroxyl groups is 1. The van der Waals surface area contributed by atoms with Crippen molar-refractivity contribution in [2.24, 2.45) is 18.0 Å². The highest BCUT2D eigenvalue weighted by molar-refractivity contribution is 14.0. The molecule has 0 aromatic carbocycles. The second-order valence-corrected chi connectivity index (χ2v) is 7.84. The van der Waals surface area contributed by atoms with Crippen LogP contribution in [0.3, 0.4) is 0 Å². The maximum Gasteiger partial charge on any atom is 0.191 e. The number of hydrogen-bond acceptors (Lipinski definition) is 4. The first kappa shape index (κ1) is 24.2. The average molecular weight is 492 g/mol. The van der Waals surface area contributed by atoms with Crippen LogP contribution in [0.5, 0.6) is 0 Å². The molecule has 0 spiro atoms. The summed E-state index contributed by atoms with van der Waals surface area (Å²) in [5, 5.41) is 21.5. The van der Waals surface area contributed by atoms with Crippen LogP contribution in [0.4, 0.5) is 0 Å². The van der Waals surface area contributed by atoms with Crippen LogP contribution in [0.2, 0.25) is 0 Å². The Kier molecular flexibility index (Phi) is 10.0. The van der Waals surface area contributed by atoms with Gasteiger partial charge in [-0.25, -0.2) is 4.99 Å². The number of halogens is 1. The molecule has 3 atom stereocenters. The monoisotopic (exact) mass is 492 g/mol. The Labute approximate surface area is 181 Å². The lowest BCUT2D eigenvalue weighted by Crippen LogP contribution is -2.48. The molecule has 1 fully saturated rings. The van der Waals surface area contributed by atoms with Crippen molar-refractivity contribution in [2.75, 3.05) is 32.7 Å². The van der Waals surface area contributed by atoms with Gasteiger partial charge in [0.15, 0.2) is 5.96 Å². The van der Waals surface area contributed by atoms with Gasteiger partial charge in [-0.1, -0.05) is 6.92 Å². The minimum Gasteiger partial charge on any atom is -0.383 e. The van der Waals surface area contributed by atoms with Crippen molar-refractivity contribution in [1.29, 1.82) is 0 Å². The first-order valence-corrected chi connectivity index (χ1v) is 9.79. The number of aliphatic imine (C=N–C) groups is 1. The minimum atomic E-state index is -1.04. The molecule has 1 aromatic rings. The number of rotatable bonds is 7. The van der Waals surface area contributed by atoms with E-state index in [9.17, 15) is 5.11 Å². The molecule has 156 valence electrons. The molecule has 1 saturated heterocycles. The summed E-state index contributed by atoms with van der Waals surface area (Å²) < 4.78 is 1.69. The largest absolute Gasteiger partial charge is 0.383 e. The smallest absolute Gasteiger partial charge is 0.191 e. The minimum absolute atomic E-state index is 0. The van der Waals surface area contributed by atoms with E-state index in [4.69, 9.17) is 0 Å². The Morgan fingerprint density at radius 3 is 2.81 bits per heavy atom. The Morgan fingerprint density at radius 1 is 1.48 bits per heavy atom. The molecule has 2 heterocycles. The average Bonchev–Trinajstić information content (AvgIpc) is 3.04. The SMILES string of the molecule is CCNC(=NCC(C)(O)c1cnn(C)c1)NCC(C)N1CCCC(C)C1.I. The molecule has 0 aliphatic carbocycles. The van der Waals surface area contributed by atoms with Gasteiger partial charge in [-0.2, -0.15) is 5.10 Å². The third kappa shape index (κ3) is 7.57. The summed E-state index contributed by atoms with van der Waals surface area (Å²) in [6.07, 6.45) is 6.14. The second-order valence-electron chi connectivity index (χ2n) is 7.84. The predicted molar refractivity (Wildman–Crippen MR) is 122 cm³/mol. The molecular weight excluding hydrogens is 455 g/mol. The zero-order valence-electron chi connectivity index (χ0n) is 17.4. The van der Waals surface area contributed by atoms with E-state index in [2.05, 4.69) is 39.5 Å².